The highest BCUT2D eigenvalue weighted by molar-refractivity contribution is 6.36. The molecule has 1 aliphatic rings. The molecule has 25 heavy (non-hydrogen) atoms. The zero-order valence-corrected chi connectivity index (χ0v) is 14.9. The molecule has 1 aliphatic heterocycles. The van der Waals surface area contributed by atoms with Gasteiger partial charge in [0.15, 0.2) is 0 Å². The maximum Gasteiger partial charge on any atom is 0.255 e. The minimum absolute atomic E-state index is 0.112. The van der Waals surface area contributed by atoms with Crippen molar-refractivity contribution in [2.45, 2.75) is 0 Å². The molecular weight excluding hydrogens is 359 g/mol. The van der Waals surface area contributed by atoms with E-state index in [4.69, 9.17) is 28.9 Å². The molecule has 1 amide bonds. The Morgan fingerprint density at radius 3 is 2.44 bits per heavy atom. The van der Waals surface area contributed by atoms with E-state index >= 15 is 0 Å². The highest BCUT2D eigenvalue weighted by Gasteiger charge is 2.24. The number of piperazine rings is 1. The third-order valence-corrected chi connectivity index (χ3v) is 4.76. The molecule has 1 heterocycles. The Labute approximate surface area is 156 Å². The van der Waals surface area contributed by atoms with E-state index in [0.717, 1.165) is 5.69 Å². The molecule has 7 heteroatoms. The van der Waals surface area contributed by atoms with Gasteiger partial charge in [0, 0.05) is 36.9 Å². The summed E-state index contributed by atoms with van der Waals surface area (Å²) in [6.07, 6.45) is 0. The van der Waals surface area contributed by atoms with Crippen LogP contribution in [0.2, 0.25) is 10.0 Å². The number of hydrogen-bond acceptors (Lipinski definition) is 4. The van der Waals surface area contributed by atoms with Gasteiger partial charge in [-0.3, -0.25) is 4.79 Å². The van der Waals surface area contributed by atoms with Crippen molar-refractivity contribution in [3.05, 3.63) is 57.6 Å². The summed E-state index contributed by atoms with van der Waals surface area (Å²) >= 11 is 12.0. The Balaban J connectivity index is 1.72. The van der Waals surface area contributed by atoms with E-state index in [1.54, 1.807) is 35.2 Å². The summed E-state index contributed by atoms with van der Waals surface area (Å²) < 4.78 is 0. The summed E-state index contributed by atoms with van der Waals surface area (Å²) in [4.78, 5) is 16.5. The second-order valence-electron chi connectivity index (χ2n) is 5.79. The molecule has 0 saturated carbocycles. The first-order valence-electron chi connectivity index (χ1n) is 7.78. The van der Waals surface area contributed by atoms with Crippen LogP contribution in [-0.2, 0) is 0 Å². The number of benzene rings is 2. The topological polar surface area (TPSA) is 73.4 Å². The Kier molecular flexibility index (Phi) is 5.03. The monoisotopic (exact) mass is 374 g/mol. The molecule has 0 radical (unpaired) electrons. The van der Waals surface area contributed by atoms with Crippen LogP contribution in [0.25, 0.3) is 0 Å². The summed E-state index contributed by atoms with van der Waals surface area (Å²) in [6.45, 7) is 2.37. The summed E-state index contributed by atoms with van der Waals surface area (Å²) in [6, 6.07) is 12.3. The largest absolute Gasteiger partial charge is 0.399 e. The number of amides is 1. The maximum atomic E-state index is 12.7. The van der Waals surface area contributed by atoms with Crippen LogP contribution in [0.5, 0.6) is 0 Å². The van der Waals surface area contributed by atoms with Gasteiger partial charge >= 0.3 is 0 Å². The molecule has 2 aromatic rings. The number of nitrogens with zero attached hydrogens (tertiary/aromatic N) is 3. The van der Waals surface area contributed by atoms with Gasteiger partial charge in [0.1, 0.15) is 6.07 Å². The molecule has 0 aromatic heterocycles. The van der Waals surface area contributed by atoms with Crippen molar-refractivity contribution in [3.63, 3.8) is 0 Å². The second kappa shape index (κ2) is 7.22. The van der Waals surface area contributed by atoms with Crippen LogP contribution in [0.3, 0.4) is 0 Å². The number of carbonyl (C=O) groups excluding carboxylic acids is 1. The van der Waals surface area contributed by atoms with Crippen molar-refractivity contribution in [1.82, 2.24) is 4.90 Å². The SMILES string of the molecule is N#Cc1cc(N)ccc1N1CCN(C(=O)c2ccc(Cl)cc2Cl)CC1. The summed E-state index contributed by atoms with van der Waals surface area (Å²) in [7, 11) is 0. The van der Waals surface area contributed by atoms with Crippen LogP contribution in [0, 0.1) is 11.3 Å². The van der Waals surface area contributed by atoms with Gasteiger partial charge in [-0.05, 0) is 36.4 Å². The Bertz CT molecular complexity index is 855. The molecule has 3 rings (SSSR count). The summed E-state index contributed by atoms with van der Waals surface area (Å²) in [5.41, 5.74) is 8.13. The molecule has 128 valence electrons. The molecule has 0 atom stereocenters. The predicted octanol–water partition coefficient (Wildman–Crippen LogP) is 3.41. The third-order valence-electron chi connectivity index (χ3n) is 4.21. The highest BCUT2D eigenvalue weighted by Crippen LogP contribution is 2.26. The lowest BCUT2D eigenvalue weighted by Gasteiger charge is -2.36. The molecular formula is C18H16Cl2N4O. The zero-order chi connectivity index (χ0) is 18.0. The quantitative estimate of drug-likeness (QED) is 0.817. The van der Waals surface area contributed by atoms with Gasteiger partial charge in [-0.1, -0.05) is 23.2 Å². The minimum atomic E-state index is -0.112. The van der Waals surface area contributed by atoms with E-state index in [0.29, 0.717) is 53.0 Å². The van der Waals surface area contributed by atoms with Gasteiger partial charge in [0.25, 0.3) is 5.91 Å². The van der Waals surface area contributed by atoms with Gasteiger partial charge in [0.05, 0.1) is 21.8 Å². The van der Waals surface area contributed by atoms with E-state index in [2.05, 4.69) is 11.0 Å². The van der Waals surface area contributed by atoms with Gasteiger partial charge in [-0.15, -0.1) is 0 Å². The van der Waals surface area contributed by atoms with Crippen LogP contribution < -0.4 is 10.6 Å². The molecule has 2 aromatic carbocycles. The molecule has 0 bridgehead atoms. The van der Waals surface area contributed by atoms with Crippen molar-refractivity contribution in [3.8, 4) is 6.07 Å². The van der Waals surface area contributed by atoms with E-state index in [9.17, 15) is 10.1 Å². The van der Waals surface area contributed by atoms with Gasteiger partial charge in [0.2, 0.25) is 0 Å². The number of carbonyl (C=O) groups is 1. The molecule has 1 fully saturated rings. The smallest absolute Gasteiger partial charge is 0.255 e. The first-order chi connectivity index (χ1) is 12.0. The highest BCUT2D eigenvalue weighted by atomic mass is 35.5. The summed E-state index contributed by atoms with van der Waals surface area (Å²) in [5, 5.41) is 10.1. The molecule has 0 unspecified atom stereocenters. The van der Waals surface area contributed by atoms with Crippen molar-refractivity contribution < 1.29 is 4.79 Å². The van der Waals surface area contributed by atoms with Crippen LogP contribution in [0.4, 0.5) is 11.4 Å². The lowest BCUT2D eigenvalue weighted by atomic mass is 10.1. The van der Waals surface area contributed by atoms with Gasteiger partial charge < -0.3 is 15.5 Å². The molecule has 0 spiro atoms. The van der Waals surface area contributed by atoms with Crippen molar-refractivity contribution in [2.24, 2.45) is 0 Å². The van der Waals surface area contributed by atoms with Crippen molar-refractivity contribution in [1.29, 1.82) is 5.26 Å². The average Bonchev–Trinajstić information content (AvgIpc) is 2.61. The predicted molar refractivity (Wildman–Crippen MR) is 100 cm³/mol. The summed E-state index contributed by atoms with van der Waals surface area (Å²) in [5.74, 6) is -0.112. The number of anilines is 2. The van der Waals surface area contributed by atoms with Crippen molar-refractivity contribution >= 4 is 40.5 Å². The maximum absolute atomic E-state index is 12.7. The normalized spacial score (nSPS) is 14.3. The van der Waals surface area contributed by atoms with Crippen LogP contribution in [0.1, 0.15) is 15.9 Å². The fourth-order valence-corrected chi connectivity index (χ4v) is 3.39. The Hall–Kier alpha value is -2.42. The third kappa shape index (κ3) is 3.65. The van der Waals surface area contributed by atoms with Crippen LogP contribution in [-0.4, -0.2) is 37.0 Å². The molecule has 2 N–H and O–H groups in total. The number of halogens is 2. The number of rotatable bonds is 2. The Morgan fingerprint density at radius 2 is 1.80 bits per heavy atom. The second-order valence-corrected chi connectivity index (χ2v) is 6.64. The standard InChI is InChI=1S/C18H16Cl2N4O/c19-13-1-3-15(16(20)10-13)18(25)24-7-5-23(6-8-24)17-4-2-14(22)9-12(17)11-21/h1-4,9-10H,5-8,22H2. The lowest BCUT2D eigenvalue weighted by molar-refractivity contribution is 0.0747. The van der Waals surface area contributed by atoms with Crippen molar-refractivity contribution in [2.75, 3.05) is 36.8 Å². The number of hydrogen-bond donors (Lipinski definition) is 1. The van der Waals surface area contributed by atoms with E-state index in [-0.39, 0.29) is 5.91 Å². The first-order valence-corrected chi connectivity index (χ1v) is 8.54. The average molecular weight is 375 g/mol. The van der Waals surface area contributed by atoms with E-state index in [1.165, 1.54) is 0 Å². The Morgan fingerprint density at radius 1 is 1.08 bits per heavy atom. The fraction of sp³-hybridized carbons (Fsp3) is 0.222. The van der Waals surface area contributed by atoms with E-state index in [1.807, 2.05) is 6.07 Å². The van der Waals surface area contributed by atoms with Crippen LogP contribution in [0.15, 0.2) is 36.4 Å². The molecule has 5 nitrogen and oxygen atoms in total. The number of nitrogen functional groups attached to an aromatic ring is 1. The lowest BCUT2D eigenvalue weighted by Crippen LogP contribution is -2.49. The molecule has 1 saturated heterocycles. The zero-order valence-electron chi connectivity index (χ0n) is 13.4. The molecule has 0 aliphatic carbocycles. The van der Waals surface area contributed by atoms with Gasteiger partial charge in [-0.25, -0.2) is 0 Å². The van der Waals surface area contributed by atoms with E-state index < -0.39 is 0 Å². The first kappa shape index (κ1) is 17.4. The minimum Gasteiger partial charge on any atom is -0.399 e. The van der Waals surface area contributed by atoms with Gasteiger partial charge in [-0.2, -0.15) is 5.26 Å². The number of nitriles is 1. The number of nitrogens with two attached hydrogens (primary N) is 1. The van der Waals surface area contributed by atoms with Crippen LogP contribution >= 0.6 is 23.2 Å². The fourth-order valence-electron chi connectivity index (χ4n) is 2.90.